The number of likely N-dealkylation sites (tertiary alicyclic amines) is 1. The molecule has 332 valence electrons. The van der Waals surface area contributed by atoms with Gasteiger partial charge in [0.1, 0.15) is 40.5 Å². The fraction of sp³-hybridized carbons (Fsp3) is 0.326. The van der Waals surface area contributed by atoms with Crippen LogP contribution in [0.2, 0.25) is 0 Å². The Morgan fingerprint density at radius 3 is 1.70 bits per heavy atom. The van der Waals surface area contributed by atoms with Crippen LogP contribution in [-0.4, -0.2) is 105 Å². The number of hydrogen-bond acceptors (Lipinski definition) is 11. The first-order chi connectivity index (χ1) is 30.7. The molecule has 64 heavy (non-hydrogen) atoms. The molecule has 1 aliphatic heterocycles. The summed E-state index contributed by atoms with van der Waals surface area (Å²) in [6.07, 6.45) is 3.13. The number of carboxylic acid groups (broad SMARTS) is 1. The first-order valence-electron chi connectivity index (χ1n) is 20.3. The van der Waals surface area contributed by atoms with Gasteiger partial charge in [0.05, 0.1) is 29.5 Å². The number of benzene rings is 2. The zero-order valence-corrected chi connectivity index (χ0v) is 35.8. The molecule has 2 aromatic carbocycles. The van der Waals surface area contributed by atoms with Crippen LogP contribution in [0.3, 0.4) is 0 Å². The van der Waals surface area contributed by atoms with Gasteiger partial charge in [-0.15, -0.1) is 0 Å². The van der Waals surface area contributed by atoms with Crippen LogP contribution >= 0.6 is 0 Å². The van der Waals surface area contributed by atoms with Crippen LogP contribution < -0.4 is 31.6 Å². The molecule has 0 radical (unpaired) electrons. The summed E-state index contributed by atoms with van der Waals surface area (Å²) >= 11 is 0. The minimum Gasteiger partial charge on any atom is -0.494 e. The summed E-state index contributed by atoms with van der Waals surface area (Å²) in [5.41, 5.74) is 15.1. The number of ether oxygens (including phenoxy) is 2. The number of carbonyl (C=O) groups is 5. The molecule has 0 unspecified atom stereocenters. The van der Waals surface area contributed by atoms with E-state index in [1.165, 1.54) is 36.3 Å². The molecule has 21 heteroatoms. The minimum atomic E-state index is -0.963. The Bertz CT molecular complexity index is 2920. The number of anilines is 2. The number of rotatable bonds is 16. The van der Waals surface area contributed by atoms with Gasteiger partial charge in [-0.25, -0.2) is 14.8 Å². The number of aromatic nitrogens is 8. The second-order valence-electron chi connectivity index (χ2n) is 15.0. The average molecular weight is 874 g/mol. The van der Waals surface area contributed by atoms with Crippen molar-refractivity contribution < 1.29 is 38.6 Å². The summed E-state index contributed by atoms with van der Waals surface area (Å²) in [5.74, 6) is 4.58. The maximum absolute atomic E-state index is 13.8. The zero-order valence-electron chi connectivity index (χ0n) is 35.8. The van der Waals surface area contributed by atoms with Crippen LogP contribution in [0, 0.1) is 31.6 Å². The smallest absolute Gasteiger partial charge is 0.407 e. The highest BCUT2D eigenvalue weighted by atomic mass is 16.5. The highest BCUT2D eigenvalue weighted by Gasteiger charge is 2.29. The van der Waals surface area contributed by atoms with Crippen molar-refractivity contribution in [2.75, 3.05) is 37.4 Å². The Hall–Kier alpha value is -8.15. The van der Waals surface area contributed by atoms with Crippen molar-refractivity contribution in [3.8, 4) is 23.3 Å². The normalized spacial score (nSPS) is 12.6. The van der Waals surface area contributed by atoms with Crippen LogP contribution in [0.5, 0.6) is 11.5 Å². The lowest BCUT2D eigenvalue weighted by Crippen LogP contribution is -2.49. The molecular formula is C43H47N13O8. The quantitative estimate of drug-likeness (QED) is 0.0687. The monoisotopic (exact) mass is 873 g/mol. The largest absolute Gasteiger partial charge is 0.494 e. The van der Waals surface area contributed by atoms with Crippen molar-refractivity contribution in [2.24, 2.45) is 17.4 Å². The number of nitrogens with two attached hydrogens (primary N) is 2. The van der Waals surface area contributed by atoms with Gasteiger partial charge < -0.3 is 40.1 Å². The first kappa shape index (κ1) is 43.9. The molecule has 0 spiro atoms. The van der Waals surface area contributed by atoms with Crippen molar-refractivity contribution in [3.63, 3.8) is 0 Å². The first-order valence-corrected chi connectivity index (χ1v) is 20.3. The second-order valence-corrected chi connectivity index (χ2v) is 15.0. The molecule has 0 bridgehead atoms. The van der Waals surface area contributed by atoms with Crippen molar-refractivity contribution in [1.29, 1.82) is 0 Å². The summed E-state index contributed by atoms with van der Waals surface area (Å²) in [6.45, 7) is 9.18. The summed E-state index contributed by atoms with van der Waals surface area (Å²) in [6, 6.07) is 9.33. The van der Waals surface area contributed by atoms with Gasteiger partial charge in [0.25, 0.3) is 11.8 Å². The Morgan fingerprint density at radius 1 is 0.766 bits per heavy atom. The van der Waals surface area contributed by atoms with E-state index >= 15 is 0 Å². The molecule has 1 aliphatic rings. The van der Waals surface area contributed by atoms with Crippen LogP contribution in [0.1, 0.15) is 73.3 Å². The van der Waals surface area contributed by atoms with E-state index in [1.807, 2.05) is 13.8 Å². The van der Waals surface area contributed by atoms with Gasteiger partial charge in [-0.1, -0.05) is 24.0 Å². The molecular weight excluding hydrogens is 827 g/mol. The minimum absolute atomic E-state index is 0.0789. The standard InChI is InChI=1S/C43H47N13O8/c1-6-55-31(16-24(3)50-55)39(59)48-41-46-29-18-27(37(44)57)20-33(63-5)35(29)53(41)13-9-10-14-54-36-30(47-42(54)49-40(60)32-17-25(4)51-56(32)7-2)19-28(38(45)58)21-34(36)64-15-11-8-12-26-22-52(23-26)43(61)62/h9-10,16-21,26H,6-7,12-15,22-23H2,1-5H3,(H2,44,57)(H2,45,58)(H,61,62)(H,46,48,59)(H,47,49,60). The van der Waals surface area contributed by atoms with Crippen molar-refractivity contribution in [1.82, 2.24) is 43.6 Å². The maximum Gasteiger partial charge on any atom is 0.407 e. The van der Waals surface area contributed by atoms with Crippen LogP contribution in [-0.2, 0) is 26.2 Å². The highest BCUT2D eigenvalue weighted by Crippen LogP contribution is 2.33. The van der Waals surface area contributed by atoms with E-state index in [1.54, 1.807) is 56.6 Å². The third-order valence-electron chi connectivity index (χ3n) is 10.5. The fourth-order valence-electron chi connectivity index (χ4n) is 7.42. The number of allylic oxidation sites excluding steroid dienone is 2. The zero-order chi connectivity index (χ0) is 45.8. The maximum atomic E-state index is 13.8. The topological polar surface area (TPSA) is 275 Å². The van der Waals surface area contributed by atoms with Gasteiger partial charge in [-0.2, -0.15) is 10.2 Å². The molecule has 7 rings (SSSR count). The Labute approximate surface area is 366 Å². The van der Waals surface area contributed by atoms with E-state index in [-0.39, 0.29) is 54.4 Å². The molecule has 4 aromatic heterocycles. The summed E-state index contributed by atoms with van der Waals surface area (Å²) in [5, 5.41) is 23.7. The number of nitrogens with zero attached hydrogens (tertiary/aromatic N) is 9. The molecule has 0 saturated carbocycles. The van der Waals surface area contributed by atoms with Gasteiger partial charge in [0, 0.05) is 62.7 Å². The molecule has 5 heterocycles. The summed E-state index contributed by atoms with van der Waals surface area (Å²) in [7, 11) is 1.44. The average Bonchev–Trinajstić information content (AvgIpc) is 4.01. The summed E-state index contributed by atoms with van der Waals surface area (Å²) < 4.78 is 18.4. The highest BCUT2D eigenvalue weighted by molar-refractivity contribution is 6.05. The van der Waals surface area contributed by atoms with Crippen molar-refractivity contribution in [3.05, 3.63) is 82.5 Å². The van der Waals surface area contributed by atoms with Crippen LogP contribution in [0.15, 0.2) is 48.6 Å². The van der Waals surface area contributed by atoms with Crippen molar-refractivity contribution in [2.45, 2.75) is 60.3 Å². The van der Waals surface area contributed by atoms with E-state index in [2.05, 4.69) is 37.7 Å². The van der Waals surface area contributed by atoms with Crippen molar-refractivity contribution >= 4 is 63.7 Å². The number of amides is 5. The Kier molecular flexibility index (Phi) is 12.7. The SMILES string of the molecule is CCn1nc(C)cc1C(=O)Nc1nc2cc(C(N)=O)cc(OC)c2n1CC=CCn1c(NC(=O)c2cc(C)nn2CC)nc2cc(C(N)=O)cc(OCC#CCC3CN(C(=O)O)C3)c21. The van der Waals surface area contributed by atoms with Crippen LogP contribution in [0.4, 0.5) is 16.7 Å². The van der Waals surface area contributed by atoms with E-state index < -0.39 is 29.7 Å². The molecule has 1 saturated heterocycles. The van der Waals surface area contributed by atoms with Gasteiger partial charge in [0.2, 0.25) is 23.7 Å². The number of nitrogens with one attached hydrogen (secondary N) is 2. The van der Waals surface area contributed by atoms with E-state index in [0.717, 1.165) is 0 Å². The lowest BCUT2D eigenvalue weighted by Gasteiger charge is -2.35. The van der Waals surface area contributed by atoms with Gasteiger partial charge in [0.15, 0.2) is 0 Å². The Balaban J connectivity index is 1.24. The molecule has 5 amide bonds. The molecule has 0 atom stereocenters. The molecule has 6 aromatic rings. The molecule has 0 aliphatic carbocycles. The lowest BCUT2D eigenvalue weighted by molar-refractivity contribution is 0.0836. The van der Waals surface area contributed by atoms with Gasteiger partial charge >= 0.3 is 6.09 Å². The number of carbonyl (C=O) groups excluding carboxylic acids is 4. The predicted octanol–water partition coefficient (Wildman–Crippen LogP) is 3.79. The third kappa shape index (κ3) is 9.06. The predicted molar refractivity (Wildman–Crippen MR) is 234 cm³/mol. The fourth-order valence-corrected chi connectivity index (χ4v) is 7.42. The van der Waals surface area contributed by atoms with Crippen LogP contribution in [0.25, 0.3) is 22.1 Å². The number of imidazole rings is 2. The van der Waals surface area contributed by atoms with E-state index in [9.17, 15) is 24.0 Å². The van der Waals surface area contributed by atoms with E-state index in [4.69, 9.17) is 31.0 Å². The number of aryl methyl sites for hydroxylation is 4. The second kappa shape index (κ2) is 18.4. The summed E-state index contributed by atoms with van der Waals surface area (Å²) in [4.78, 5) is 74.1. The molecule has 1 fully saturated rings. The number of hydrogen-bond donors (Lipinski definition) is 5. The number of methoxy groups -OCH3 is 1. The van der Waals surface area contributed by atoms with Gasteiger partial charge in [-0.3, -0.25) is 39.2 Å². The lowest BCUT2D eigenvalue weighted by atomic mass is 9.97. The molecule has 7 N–H and O–H groups in total. The number of fused-ring (bicyclic) bond motifs is 2. The number of primary amides is 2. The van der Waals surface area contributed by atoms with Gasteiger partial charge in [-0.05, 0) is 64.1 Å². The Morgan fingerprint density at radius 2 is 1.25 bits per heavy atom. The molecule has 21 nitrogen and oxygen atoms in total. The third-order valence-corrected chi connectivity index (χ3v) is 10.5. The van der Waals surface area contributed by atoms with E-state index in [0.29, 0.717) is 83.2 Å².